The van der Waals surface area contributed by atoms with E-state index in [9.17, 15) is 9.59 Å². The van der Waals surface area contributed by atoms with Crippen molar-refractivity contribution in [2.75, 3.05) is 19.0 Å². The summed E-state index contributed by atoms with van der Waals surface area (Å²) in [6.07, 6.45) is 3.06. The third-order valence-electron chi connectivity index (χ3n) is 4.61. The molecule has 0 radical (unpaired) electrons. The maximum Gasteiger partial charge on any atom is 0.341 e. The first kappa shape index (κ1) is 18.5. The van der Waals surface area contributed by atoms with Crippen LogP contribution in [0.5, 0.6) is 5.75 Å². The Morgan fingerprint density at radius 1 is 1.31 bits per heavy atom. The average Bonchev–Trinajstić information content (AvgIpc) is 3.01. The third kappa shape index (κ3) is 3.46. The lowest BCUT2D eigenvalue weighted by Crippen LogP contribution is -2.17. The molecule has 1 amide bonds. The van der Waals surface area contributed by atoms with Gasteiger partial charge in [-0.3, -0.25) is 4.79 Å². The number of esters is 1. The fraction of sp³-hybridized carbons (Fsp3) is 0.400. The maximum absolute atomic E-state index is 12.8. The Hall–Kier alpha value is -2.34. The highest BCUT2D eigenvalue weighted by Crippen LogP contribution is 2.44. The molecule has 1 N–H and O–H groups in total. The van der Waals surface area contributed by atoms with E-state index in [1.807, 2.05) is 6.07 Å². The molecule has 138 valence electrons. The summed E-state index contributed by atoms with van der Waals surface area (Å²) < 4.78 is 10.5. The Morgan fingerprint density at radius 2 is 2.08 bits per heavy atom. The largest absolute Gasteiger partial charge is 0.496 e. The van der Waals surface area contributed by atoms with Crippen LogP contribution in [0.1, 0.15) is 63.8 Å². The number of anilines is 1. The maximum atomic E-state index is 12.8. The summed E-state index contributed by atoms with van der Waals surface area (Å²) >= 11 is 1.48. The van der Waals surface area contributed by atoms with Gasteiger partial charge in [-0.05, 0) is 49.8 Å². The summed E-state index contributed by atoms with van der Waals surface area (Å²) in [5, 5.41) is 3.49. The van der Waals surface area contributed by atoms with Crippen molar-refractivity contribution < 1.29 is 19.1 Å². The smallest absolute Gasteiger partial charge is 0.341 e. The first-order valence-electron chi connectivity index (χ1n) is 8.83. The molecule has 1 heterocycles. The van der Waals surface area contributed by atoms with Crippen molar-refractivity contribution >= 4 is 28.2 Å². The van der Waals surface area contributed by atoms with E-state index in [2.05, 4.69) is 12.2 Å². The van der Waals surface area contributed by atoms with Crippen molar-refractivity contribution in [1.82, 2.24) is 0 Å². The molecule has 0 bridgehead atoms. The molecule has 26 heavy (non-hydrogen) atoms. The minimum atomic E-state index is -0.367. The van der Waals surface area contributed by atoms with Crippen LogP contribution in [0.2, 0.25) is 0 Å². The van der Waals surface area contributed by atoms with Crippen molar-refractivity contribution in [3.05, 3.63) is 45.8 Å². The first-order chi connectivity index (χ1) is 12.6. The molecule has 1 atom stereocenters. The number of carbonyl (C=O) groups is 2. The minimum absolute atomic E-state index is 0.284. The number of para-hydroxylation sites is 1. The second-order valence-corrected chi connectivity index (χ2v) is 7.42. The molecule has 1 aromatic heterocycles. The van der Waals surface area contributed by atoms with E-state index in [0.29, 0.717) is 28.5 Å². The summed E-state index contributed by atoms with van der Waals surface area (Å²) in [5.74, 6) is 0.122. The zero-order chi connectivity index (χ0) is 18.7. The Kier molecular flexibility index (Phi) is 5.61. The van der Waals surface area contributed by atoms with E-state index >= 15 is 0 Å². The summed E-state index contributed by atoms with van der Waals surface area (Å²) in [5.41, 5.74) is 1.99. The Morgan fingerprint density at radius 3 is 2.81 bits per heavy atom. The van der Waals surface area contributed by atoms with Crippen LogP contribution in [0.25, 0.3) is 0 Å². The molecule has 3 rings (SSSR count). The molecule has 1 aliphatic carbocycles. The SMILES string of the molecule is CCOC(=O)c1c(NC(=O)c2ccccc2OC)sc2c1C(C)CCC2. The number of thiophene rings is 1. The average molecular weight is 373 g/mol. The van der Waals surface area contributed by atoms with Crippen molar-refractivity contribution in [1.29, 1.82) is 0 Å². The zero-order valence-corrected chi connectivity index (χ0v) is 16.1. The number of benzene rings is 1. The molecule has 1 aliphatic rings. The topological polar surface area (TPSA) is 64.6 Å². The number of fused-ring (bicyclic) bond motifs is 1. The van der Waals surface area contributed by atoms with Gasteiger partial charge in [0, 0.05) is 4.88 Å². The second-order valence-electron chi connectivity index (χ2n) is 6.31. The van der Waals surface area contributed by atoms with E-state index in [1.165, 1.54) is 23.3 Å². The number of amides is 1. The molecular formula is C20H23NO4S. The fourth-order valence-electron chi connectivity index (χ4n) is 3.41. The van der Waals surface area contributed by atoms with Gasteiger partial charge in [-0.1, -0.05) is 19.1 Å². The van der Waals surface area contributed by atoms with Gasteiger partial charge in [0.15, 0.2) is 0 Å². The van der Waals surface area contributed by atoms with Gasteiger partial charge in [0.2, 0.25) is 0 Å². The van der Waals surface area contributed by atoms with Crippen LogP contribution in [0, 0.1) is 0 Å². The van der Waals surface area contributed by atoms with Crippen LogP contribution in [0.3, 0.4) is 0 Å². The number of methoxy groups -OCH3 is 1. The van der Waals surface area contributed by atoms with Gasteiger partial charge in [0.25, 0.3) is 5.91 Å². The summed E-state index contributed by atoms with van der Waals surface area (Å²) in [6.45, 7) is 4.21. The first-order valence-corrected chi connectivity index (χ1v) is 9.65. The number of aryl methyl sites for hydroxylation is 1. The molecule has 2 aromatic rings. The van der Waals surface area contributed by atoms with Gasteiger partial charge >= 0.3 is 5.97 Å². The second kappa shape index (κ2) is 7.91. The number of hydrogen-bond acceptors (Lipinski definition) is 5. The van der Waals surface area contributed by atoms with Crippen molar-refractivity contribution in [3.8, 4) is 5.75 Å². The molecule has 0 saturated carbocycles. The van der Waals surface area contributed by atoms with E-state index in [-0.39, 0.29) is 17.8 Å². The summed E-state index contributed by atoms with van der Waals surface area (Å²) in [4.78, 5) is 26.5. The van der Waals surface area contributed by atoms with Crippen LogP contribution >= 0.6 is 11.3 Å². The molecule has 0 aliphatic heterocycles. The zero-order valence-electron chi connectivity index (χ0n) is 15.3. The van der Waals surface area contributed by atoms with Gasteiger partial charge in [-0.25, -0.2) is 4.79 Å². The van der Waals surface area contributed by atoms with Crippen LogP contribution in [0.15, 0.2) is 24.3 Å². The monoisotopic (exact) mass is 373 g/mol. The highest BCUT2D eigenvalue weighted by molar-refractivity contribution is 7.17. The van der Waals surface area contributed by atoms with E-state index in [0.717, 1.165) is 24.8 Å². The van der Waals surface area contributed by atoms with Crippen LogP contribution < -0.4 is 10.1 Å². The van der Waals surface area contributed by atoms with Gasteiger partial charge in [-0.15, -0.1) is 11.3 Å². The molecule has 1 unspecified atom stereocenters. The molecule has 0 fully saturated rings. The van der Waals surface area contributed by atoms with Crippen LogP contribution in [-0.2, 0) is 11.2 Å². The molecular weight excluding hydrogens is 350 g/mol. The molecule has 1 aromatic carbocycles. The minimum Gasteiger partial charge on any atom is -0.496 e. The van der Waals surface area contributed by atoms with E-state index in [1.54, 1.807) is 25.1 Å². The lowest BCUT2D eigenvalue weighted by atomic mass is 9.86. The highest BCUT2D eigenvalue weighted by atomic mass is 32.1. The molecule has 6 heteroatoms. The molecule has 5 nitrogen and oxygen atoms in total. The predicted octanol–water partition coefficient (Wildman–Crippen LogP) is 4.63. The Labute approximate surface area is 157 Å². The predicted molar refractivity (Wildman–Crippen MR) is 103 cm³/mol. The van der Waals surface area contributed by atoms with E-state index in [4.69, 9.17) is 9.47 Å². The van der Waals surface area contributed by atoms with Crippen molar-refractivity contribution in [2.24, 2.45) is 0 Å². The summed E-state index contributed by atoms with van der Waals surface area (Å²) in [7, 11) is 1.53. The lowest BCUT2D eigenvalue weighted by molar-refractivity contribution is 0.0526. The number of nitrogens with one attached hydrogen (secondary N) is 1. The van der Waals surface area contributed by atoms with Gasteiger partial charge in [0.1, 0.15) is 10.8 Å². The van der Waals surface area contributed by atoms with Gasteiger partial charge < -0.3 is 14.8 Å². The lowest BCUT2D eigenvalue weighted by Gasteiger charge is -2.19. The Balaban J connectivity index is 1.99. The number of ether oxygens (including phenoxy) is 2. The highest BCUT2D eigenvalue weighted by Gasteiger charge is 2.31. The third-order valence-corrected chi connectivity index (χ3v) is 5.79. The quantitative estimate of drug-likeness (QED) is 0.777. The summed E-state index contributed by atoms with van der Waals surface area (Å²) in [6, 6.07) is 7.04. The van der Waals surface area contributed by atoms with Gasteiger partial charge in [0.05, 0.1) is 24.8 Å². The van der Waals surface area contributed by atoms with Crippen molar-refractivity contribution in [3.63, 3.8) is 0 Å². The standard InChI is InChI=1S/C20H23NO4S/c1-4-25-20(23)17-16-12(2)8-7-11-15(16)26-19(17)21-18(22)13-9-5-6-10-14(13)24-3/h5-6,9-10,12H,4,7-8,11H2,1-3H3,(H,21,22). The fourth-order valence-corrected chi connectivity index (χ4v) is 4.75. The number of hydrogen-bond donors (Lipinski definition) is 1. The van der Waals surface area contributed by atoms with Crippen LogP contribution in [-0.4, -0.2) is 25.6 Å². The Bertz CT molecular complexity index is 827. The number of rotatable bonds is 5. The normalized spacial score (nSPS) is 15.9. The molecule has 0 saturated heterocycles. The van der Waals surface area contributed by atoms with E-state index < -0.39 is 0 Å². The van der Waals surface area contributed by atoms with Crippen molar-refractivity contribution in [2.45, 2.75) is 39.0 Å². The van der Waals surface area contributed by atoms with Gasteiger partial charge in [-0.2, -0.15) is 0 Å². The molecule has 0 spiro atoms. The number of carbonyl (C=O) groups excluding carboxylic acids is 2. The van der Waals surface area contributed by atoms with Crippen LogP contribution in [0.4, 0.5) is 5.00 Å².